The lowest BCUT2D eigenvalue weighted by Crippen LogP contribution is -2.41. The maximum Gasteiger partial charge on any atom is 0.124 e. The first-order chi connectivity index (χ1) is 8.36. The van der Waals surface area contributed by atoms with Gasteiger partial charge in [0.2, 0.25) is 0 Å². The number of ether oxygens (including phenoxy) is 1. The van der Waals surface area contributed by atoms with Crippen LogP contribution in [-0.2, 0) is 11.0 Å². The van der Waals surface area contributed by atoms with Crippen molar-refractivity contribution in [2.45, 2.75) is 42.4 Å². The number of piperidine rings is 1. The number of hydrogen-bond donors (Lipinski definition) is 1. The van der Waals surface area contributed by atoms with Crippen LogP contribution < -0.4 is 10.1 Å². The highest BCUT2D eigenvalue weighted by atomic mass is 16.5. The van der Waals surface area contributed by atoms with Crippen LogP contribution in [0.5, 0.6) is 5.75 Å². The Labute approximate surface area is 99.7 Å². The van der Waals surface area contributed by atoms with E-state index < -0.39 is 0 Å². The highest BCUT2D eigenvalue weighted by Gasteiger charge is 2.79. The molecule has 1 aromatic carbocycles. The maximum absolute atomic E-state index is 6.24. The second-order valence-corrected chi connectivity index (χ2v) is 6.22. The van der Waals surface area contributed by atoms with E-state index in [1.807, 2.05) is 0 Å². The number of fused-ring (bicyclic) bond motifs is 1. The highest BCUT2D eigenvalue weighted by Crippen LogP contribution is 2.75. The van der Waals surface area contributed by atoms with Gasteiger partial charge < -0.3 is 4.74 Å². The average molecular weight is 223 g/mol. The van der Waals surface area contributed by atoms with Gasteiger partial charge in [0.1, 0.15) is 11.9 Å². The Kier molecular flexibility index (Phi) is 0.909. The van der Waals surface area contributed by atoms with Crippen LogP contribution in [0.25, 0.3) is 0 Å². The Morgan fingerprint density at radius 2 is 2.35 bits per heavy atom. The maximum atomic E-state index is 6.24. The molecule has 1 saturated carbocycles. The molecule has 0 aromatic heterocycles. The third-order valence-corrected chi connectivity index (χ3v) is 5.76. The Bertz CT molecular complexity index is 634. The van der Waals surface area contributed by atoms with Crippen molar-refractivity contribution in [3.63, 3.8) is 0 Å². The first kappa shape index (κ1) is 7.93. The van der Waals surface area contributed by atoms with Gasteiger partial charge in [-0.1, -0.05) is 18.2 Å². The summed E-state index contributed by atoms with van der Waals surface area (Å²) in [5, 5.41) is 3.75. The van der Waals surface area contributed by atoms with E-state index >= 15 is 0 Å². The van der Waals surface area contributed by atoms with Crippen molar-refractivity contribution in [2.24, 2.45) is 0 Å². The van der Waals surface area contributed by atoms with Crippen LogP contribution in [0.15, 0.2) is 29.8 Å². The van der Waals surface area contributed by atoms with Crippen molar-refractivity contribution in [3.8, 4) is 5.75 Å². The van der Waals surface area contributed by atoms with Crippen molar-refractivity contribution in [2.75, 3.05) is 0 Å². The molecule has 2 nitrogen and oxygen atoms in total. The molecule has 17 heavy (non-hydrogen) atoms. The smallest absolute Gasteiger partial charge is 0.124 e. The minimum atomic E-state index is 0.278. The van der Waals surface area contributed by atoms with E-state index in [0.29, 0.717) is 17.7 Å². The Hall–Kier alpha value is -1.28. The molecule has 2 unspecified atom stereocenters. The second kappa shape index (κ2) is 1.95. The zero-order chi connectivity index (χ0) is 10.8. The van der Waals surface area contributed by atoms with E-state index in [2.05, 4.69) is 29.6 Å². The summed E-state index contributed by atoms with van der Waals surface area (Å²) in [5.41, 5.74) is 5.33. The zero-order valence-electron chi connectivity index (χ0n) is 9.49. The van der Waals surface area contributed by atoms with E-state index in [9.17, 15) is 0 Å². The molecular weight excluding hydrogens is 210 g/mol. The predicted octanol–water partition coefficient (Wildman–Crippen LogP) is 1.99. The third-order valence-electron chi connectivity index (χ3n) is 5.76. The fourth-order valence-corrected chi connectivity index (χ4v) is 5.24. The lowest BCUT2D eigenvalue weighted by atomic mass is 9.68. The number of hydrogen-bond acceptors (Lipinski definition) is 2. The molecule has 2 fully saturated rings. The van der Waals surface area contributed by atoms with Crippen LogP contribution in [0, 0.1) is 0 Å². The van der Waals surface area contributed by atoms with Crippen molar-refractivity contribution < 1.29 is 4.74 Å². The summed E-state index contributed by atoms with van der Waals surface area (Å²) in [6.45, 7) is 0. The molecule has 4 atom stereocenters. The average Bonchev–Trinajstić information content (AvgIpc) is 2.74. The van der Waals surface area contributed by atoms with Crippen LogP contribution in [0.3, 0.4) is 0 Å². The van der Waals surface area contributed by atoms with Gasteiger partial charge in [-0.2, -0.15) is 0 Å². The molecule has 84 valence electrons. The van der Waals surface area contributed by atoms with Crippen LogP contribution in [0.4, 0.5) is 0 Å². The minimum absolute atomic E-state index is 0.278. The summed E-state index contributed by atoms with van der Waals surface area (Å²) in [7, 11) is 0. The van der Waals surface area contributed by atoms with Crippen LogP contribution >= 0.6 is 0 Å². The SMILES string of the molecule is C1=C2[C@@H]3NC34C[C@@]23c2c(cccc24)OC3CC1. The molecule has 1 aromatic rings. The molecular formula is C15H13NO. The van der Waals surface area contributed by atoms with Gasteiger partial charge in [0.05, 0.1) is 17.0 Å². The van der Waals surface area contributed by atoms with Gasteiger partial charge in [-0.15, -0.1) is 0 Å². The van der Waals surface area contributed by atoms with Gasteiger partial charge in [-0.25, -0.2) is 0 Å². The van der Waals surface area contributed by atoms with Gasteiger partial charge in [0.25, 0.3) is 0 Å². The van der Waals surface area contributed by atoms with Gasteiger partial charge in [0, 0.05) is 5.56 Å². The highest BCUT2D eigenvalue weighted by molar-refractivity contribution is 5.72. The monoisotopic (exact) mass is 223 g/mol. The first-order valence-electron chi connectivity index (χ1n) is 6.65. The molecule has 1 saturated heterocycles. The third kappa shape index (κ3) is 0.551. The number of rotatable bonds is 0. The Morgan fingerprint density at radius 3 is 3.35 bits per heavy atom. The number of allylic oxidation sites excluding steroid dienone is 1. The largest absolute Gasteiger partial charge is 0.489 e. The van der Waals surface area contributed by atoms with Crippen LogP contribution in [-0.4, -0.2) is 12.1 Å². The van der Waals surface area contributed by atoms with E-state index in [4.69, 9.17) is 4.74 Å². The van der Waals surface area contributed by atoms with Crippen molar-refractivity contribution in [3.05, 3.63) is 41.0 Å². The minimum Gasteiger partial charge on any atom is -0.489 e. The zero-order valence-corrected chi connectivity index (χ0v) is 9.49. The predicted molar refractivity (Wildman–Crippen MR) is 63.1 cm³/mol. The van der Waals surface area contributed by atoms with Crippen molar-refractivity contribution >= 4 is 0 Å². The molecule has 0 radical (unpaired) electrons. The van der Waals surface area contributed by atoms with Crippen molar-refractivity contribution in [1.29, 1.82) is 0 Å². The summed E-state index contributed by atoms with van der Waals surface area (Å²) in [4.78, 5) is 0. The quantitative estimate of drug-likeness (QED) is 0.538. The Balaban J connectivity index is 1.84. The Morgan fingerprint density at radius 1 is 1.35 bits per heavy atom. The van der Waals surface area contributed by atoms with E-state index in [1.54, 1.807) is 11.1 Å². The summed E-state index contributed by atoms with van der Waals surface area (Å²) >= 11 is 0. The molecule has 3 aliphatic carbocycles. The summed E-state index contributed by atoms with van der Waals surface area (Å²) in [6.07, 6.45) is 6.57. The van der Waals surface area contributed by atoms with Crippen LogP contribution in [0.1, 0.15) is 30.4 Å². The topological polar surface area (TPSA) is 31.2 Å². The summed E-state index contributed by atoms with van der Waals surface area (Å²) in [5.74, 6) is 1.17. The fourth-order valence-electron chi connectivity index (χ4n) is 5.24. The van der Waals surface area contributed by atoms with Gasteiger partial charge in [-0.05, 0) is 36.5 Å². The molecule has 2 heteroatoms. The van der Waals surface area contributed by atoms with Gasteiger partial charge >= 0.3 is 0 Å². The normalized spacial score (nSPS) is 49.5. The first-order valence-corrected chi connectivity index (χ1v) is 6.65. The summed E-state index contributed by atoms with van der Waals surface area (Å²) in [6, 6.07) is 7.28. The lowest BCUT2D eigenvalue weighted by Gasteiger charge is -2.35. The molecule has 5 aliphatic rings. The molecule has 0 amide bonds. The lowest BCUT2D eigenvalue weighted by molar-refractivity contribution is 0.146. The summed E-state index contributed by atoms with van der Waals surface area (Å²) < 4.78 is 6.24. The molecule has 1 N–H and O–H groups in total. The van der Waals surface area contributed by atoms with Gasteiger partial charge in [0.15, 0.2) is 0 Å². The molecule has 2 heterocycles. The van der Waals surface area contributed by atoms with E-state index in [-0.39, 0.29) is 5.41 Å². The standard InChI is InChI=1S/C15H13NO/c1-3-8-12-10(5-1)17-11-6-2-4-9-13-15(8,16-13)7-14(9,11)12/h1,3-5,11,13,16H,2,6-7H2/t11?,13-,14+,15?/m0/s1. The molecule has 2 aliphatic heterocycles. The van der Waals surface area contributed by atoms with Crippen molar-refractivity contribution in [1.82, 2.24) is 5.32 Å². The number of nitrogens with one attached hydrogen (secondary N) is 1. The number of benzene rings is 1. The van der Waals surface area contributed by atoms with E-state index in [0.717, 1.165) is 0 Å². The van der Waals surface area contributed by atoms with E-state index in [1.165, 1.54) is 30.6 Å². The fraction of sp³-hybridized carbons (Fsp3) is 0.467. The molecule has 6 rings (SSSR count). The molecule has 2 bridgehead atoms. The molecule has 2 spiro atoms. The van der Waals surface area contributed by atoms with Crippen LogP contribution in [0.2, 0.25) is 0 Å². The van der Waals surface area contributed by atoms with Gasteiger partial charge in [-0.3, -0.25) is 5.32 Å². The second-order valence-electron chi connectivity index (χ2n) is 6.22.